The van der Waals surface area contributed by atoms with Crippen LogP contribution in [0.2, 0.25) is 0 Å². The minimum atomic E-state index is -4.44. The summed E-state index contributed by atoms with van der Waals surface area (Å²) in [7, 11) is 0. The van der Waals surface area contributed by atoms with Gasteiger partial charge in [0.25, 0.3) is 0 Å². The first-order chi connectivity index (χ1) is 17.0. The maximum absolute atomic E-state index is 13.0. The molecule has 172 valence electrons. The fourth-order valence-electron chi connectivity index (χ4n) is 3.73. The van der Waals surface area contributed by atoms with Crippen molar-refractivity contribution >= 4 is 21.9 Å². The zero-order valence-corrected chi connectivity index (χ0v) is 18.4. The van der Waals surface area contributed by atoms with Crippen LogP contribution in [0.1, 0.15) is 22.4 Å². The first-order valence-electron chi connectivity index (χ1n) is 10.9. The van der Waals surface area contributed by atoms with Crippen LogP contribution in [-0.4, -0.2) is 21.6 Å². The Hall–Kier alpha value is -4.44. The van der Waals surface area contributed by atoms with E-state index >= 15 is 0 Å². The quantitative estimate of drug-likeness (QED) is 0.293. The highest BCUT2D eigenvalue weighted by atomic mass is 19.4. The number of aromatic nitrogens is 3. The van der Waals surface area contributed by atoms with Crippen molar-refractivity contribution in [1.82, 2.24) is 15.0 Å². The van der Waals surface area contributed by atoms with E-state index < -0.39 is 11.7 Å². The molecule has 7 heteroatoms. The highest BCUT2D eigenvalue weighted by molar-refractivity contribution is 5.85. The van der Waals surface area contributed by atoms with E-state index in [1.54, 1.807) is 18.3 Å². The topological polar surface area (TPSA) is 47.9 Å². The molecule has 0 N–H and O–H groups in total. The summed E-state index contributed by atoms with van der Waals surface area (Å²) in [6.07, 6.45) is -2.23. The molecule has 0 saturated heterocycles. The predicted molar refractivity (Wildman–Crippen MR) is 128 cm³/mol. The van der Waals surface area contributed by atoms with Crippen molar-refractivity contribution in [3.05, 3.63) is 107 Å². The van der Waals surface area contributed by atoms with Crippen molar-refractivity contribution in [3.8, 4) is 17.7 Å². The molecule has 0 amide bonds. The first kappa shape index (κ1) is 22.4. The van der Waals surface area contributed by atoms with Gasteiger partial charge in [0.05, 0.1) is 12.2 Å². The van der Waals surface area contributed by atoms with Crippen LogP contribution in [0.15, 0.2) is 85.1 Å². The molecular formula is C28H18F3N3O. The van der Waals surface area contributed by atoms with Gasteiger partial charge < -0.3 is 4.74 Å². The predicted octanol–water partition coefficient (Wildman–Crippen LogP) is 6.22. The highest BCUT2D eigenvalue weighted by Gasteiger charge is 2.30. The minimum Gasteiger partial charge on any atom is -0.475 e. The Bertz CT molecular complexity index is 1580. The van der Waals surface area contributed by atoms with E-state index in [1.165, 1.54) is 12.1 Å². The van der Waals surface area contributed by atoms with Crippen molar-refractivity contribution in [2.75, 3.05) is 6.61 Å². The van der Waals surface area contributed by atoms with Crippen LogP contribution in [0.3, 0.4) is 0 Å². The van der Waals surface area contributed by atoms with Gasteiger partial charge in [0.2, 0.25) is 5.88 Å². The van der Waals surface area contributed by atoms with E-state index in [0.717, 1.165) is 28.5 Å². The summed E-state index contributed by atoms with van der Waals surface area (Å²) in [6.45, 7) is 0.326. The molecular weight excluding hydrogens is 451 g/mol. The van der Waals surface area contributed by atoms with Crippen LogP contribution < -0.4 is 4.74 Å². The Morgan fingerprint density at radius 2 is 1.66 bits per heavy atom. The molecule has 0 aliphatic carbocycles. The third-order valence-electron chi connectivity index (χ3n) is 5.41. The van der Waals surface area contributed by atoms with Crippen molar-refractivity contribution in [3.63, 3.8) is 0 Å². The fourth-order valence-corrected chi connectivity index (χ4v) is 3.73. The lowest BCUT2D eigenvalue weighted by atomic mass is 10.0. The van der Waals surface area contributed by atoms with Crippen LogP contribution in [0, 0.1) is 11.8 Å². The van der Waals surface area contributed by atoms with E-state index in [0.29, 0.717) is 24.2 Å². The normalized spacial score (nSPS) is 11.3. The first-order valence-corrected chi connectivity index (χ1v) is 10.9. The van der Waals surface area contributed by atoms with Gasteiger partial charge in [-0.15, -0.1) is 0 Å². The molecule has 0 unspecified atom stereocenters. The summed E-state index contributed by atoms with van der Waals surface area (Å²) < 4.78 is 45.1. The van der Waals surface area contributed by atoms with Gasteiger partial charge in [0.1, 0.15) is 5.52 Å². The fraction of sp³-hybridized carbons (Fsp3) is 0.107. The van der Waals surface area contributed by atoms with Gasteiger partial charge in [0.15, 0.2) is 11.3 Å². The molecule has 3 aromatic carbocycles. The van der Waals surface area contributed by atoms with Crippen LogP contribution >= 0.6 is 0 Å². The second-order valence-corrected chi connectivity index (χ2v) is 7.79. The third kappa shape index (κ3) is 5.07. The average molecular weight is 469 g/mol. The number of pyridine rings is 1. The van der Waals surface area contributed by atoms with E-state index in [-0.39, 0.29) is 17.1 Å². The minimum absolute atomic E-state index is 0.212. The molecule has 35 heavy (non-hydrogen) atoms. The smallest absolute Gasteiger partial charge is 0.416 e. The van der Waals surface area contributed by atoms with Gasteiger partial charge in [-0.25, -0.2) is 15.0 Å². The lowest BCUT2D eigenvalue weighted by molar-refractivity contribution is -0.137. The third-order valence-corrected chi connectivity index (χ3v) is 5.41. The highest BCUT2D eigenvalue weighted by Crippen LogP contribution is 2.29. The summed E-state index contributed by atoms with van der Waals surface area (Å²) in [4.78, 5) is 13.2. The summed E-state index contributed by atoms with van der Waals surface area (Å²) in [6, 6.07) is 22.6. The molecule has 5 rings (SSSR count). The average Bonchev–Trinajstić information content (AvgIpc) is 2.87. The van der Waals surface area contributed by atoms with Gasteiger partial charge in [0, 0.05) is 18.2 Å². The Morgan fingerprint density at radius 1 is 0.829 bits per heavy atom. The molecule has 0 radical (unpaired) electrons. The molecule has 2 aromatic heterocycles. The summed E-state index contributed by atoms with van der Waals surface area (Å²) in [5, 5.41) is 2.30. The molecule has 0 bridgehead atoms. The van der Waals surface area contributed by atoms with Crippen molar-refractivity contribution in [2.24, 2.45) is 0 Å². The number of nitrogens with zero attached hydrogens (tertiary/aromatic N) is 3. The standard InChI is InChI=1S/C28H18F3N3O/c29-28(30,31)22-10-3-6-19(18-22)13-14-25-27(34-24-12-5-16-32-26(24)33-25)35-17-15-21-9-4-8-20-7-1-2-11-23(20)21/h1-12,16,18H,15,17H2. The number of rotatable bonds is 4. The Balaban J connectivity index is 1.44. The SMILES string of the molecule is FC(F)(F)c1cccc(C#Cc2nc3ncccc3nc2OCCc2cccc3ccccc23)c1. The molecule has 2 heterocycles. The van der Waals surface area contributed by atoms with Gasteiger partial charge in [-0.2, -0.15) is 13.2 Å². The maximum Gasteiger partial charge on any atom is 0.416 e. The van der Waals surface area contributed by atoms with Crippen molar-refractivity contribution < 1.29 is 17.9 Å². The monoisotopic (exact) mass is 469 g/mol. The maximum atomic E-state index is 13.0. The van der Waals surface area contributed by atoms with Crippen LogP contribution in [0.5, 0.6) is 5.88 Å². The number of hydrogen-bond acceptors (Lipinski definition) is 4. The van der Waals surface area contributed by atoms with Crippen molar-refractivity contribution in [1.29, 1.82) is 0 Å². The van der Waals surface area contributed by atoms with E-state index in [4.69, 9.17) is 4.74 Å². The molecule has 0 spiro atoms. The second kappa shape index (κ2) is 9.43. The van der Waals surface area contributed by atoms with E-state index in [2.05, 4.69) is 51.1 Å². The zero-order chi connectivity index (χ0) is 24.3. The summed E-state index contributed by atoms with van der Waals surface area (Å²) in [5.74, 6) is 5.79. The van der Waals surface area contributed by atoms with E-state index in [1.807, 2.05) is 18.2 Å². The van der Waals surface area contributed by atoms with Gasteiger partial charge in [-0.05, 0) is 52.6 Å². The molecule has 0 aliphatic heterocycles. The second-order valence-electron chi connectivity index (χ2n) is 7.79. The Labute approximate surface area is 199 Å². The summed E-state index contributed by atoms with van der Waals surface area (Å²) >= 11 is 0. The van der Waals surface area contributed by atoms with Gasteiger partial charge in [-0.1, -0.05) is 54.5 Å². The Morgan fingerprint density at radius 3 is 2.54 bits per heavy atom. The molecule has 0 fully saturated rings. The number of halogens is 3. The molecule has 0 aliphatic rings. The zero-order valence-electron chi connectivity index (χ0n) is 18.4. The number of alkyl halides is 3. The van der Waals surface area contributed by atoms with Crippen LogP contribution in [0.25, 0.3) is 21.9 Å². The van der Waals surface area contributed by atoms with Crippen LogP contribution in [-0.2, 0) is 12.6 Å². The van der Waals surface area contributed by atoms with Gasteiger partial charge >= 0.3 is 6.18 Å². The molecule has 0 saturated carbocycles. The van der Waals surface area contributed by atoms with Crippen LogP contribution in [0.4, 0.5) is 13.2 Å². The number of hydrogen-bond donors (Lipinski definition) is 0. The lowest BCUT2D eigenvalue weighted by Crippen LogP contribution is -2.06. The summed E-state index contributed by atoms with van der Waals surface area (Å²) in [5.41, 5.74) is 1.72. The Kier molecular flexibility index (Phi) is 6.02. The number of benzene rings is 3. The van der Waals surface area contributed by atoms with Crippen molar-refractivity contribution in [2.45, 2.75) is 12.6 Å². The number of fused-ring (bicyclic) bond motifs is 2. The number of ether oxygens (including phenoxy) is 1. The molecule has 5 aromatic rings. The lowest BCUT2D eigenvalue weighted by Gasteiger charge is -2.10. The van der Waals surface area contributed by atoms with E-state index in [9.17, 15) is 13.2 Å². The molecule has 0 atom stereocenters. The van der Waals surface area contributed by atoms with Gasteiger partial charge in [-0.3, -0.25) is 0 Å². The largest absolute Gasteiger partial charge is 0.475 e. The molecule has 4 nitrogen and oxygen atoms in total.